The van der Waals surface area contributed by atoms with Crippen LogP contribution in [0.1, 0.15) is 24.7 Å². The number of carbonyl (C=O) groups excluding carboxylic acids is 1. The molecule has 1 atom stereocenters. The molecule has 1 aliphatic heterocycles. The molecule has 3 rings (SSSR count). The first-order valence-electron chi connectivity index (χ1n) is 7.47. The van der Waals surface area contributed by atoms with Crippen LogP contribution in [0, 0.1) is 6.92 Å². The molecule has 5 heteroatoms. The number of pyridine rings is 1. The summed E-state index contributed by atoms with van der Waals surface area (Å²) in [7, 11) is 0. The molecule has 0 bridgehead atoms. The molecule has 0 saturated carbocycles. The fourth-order valence-electron chi connectivity index (χ4n) is 2.85. The van der Waals surface area contributed by atoms with E-state index < -0.39 is 0 Å². The van der Waals surface area contributed by atoms with Gasteiger partial charge in [-0.2, -0.15) is 0 Å². The molecule has 0 aliphatic carbocycles. The molecule has 21 heavy (non-hydrogen) atoms. The average Bonchev–Trinajstić information content (AvgIpc) is 2.64. The van der Waals surface area contributed by atoms with Gasteiger partial charge in [-0.05, 0) is 32.4 Å². The molecular weight excluding hydrogens is 266 g/mol. The summed E-state index contributed by atoms with van der Waals surface area (Å²) in [6.45, 7) is 6.17. The topological polar surface area (TPSA) is 46.8 Å². The molecule has 2 aromatic rings. The summed E-state index contributed by atoms with van der Waals surface area (Å²) < 4.78 is 7.61. The molecule has 0 N–H and O–H groups in total. The Hall–Kier alpha value is -1.88. The Morgan fingerprint density at radius 2 is 2.33 bits per heavy atom. The van der Waals surface area contributed by atoms with Crippen molar-refractivity contribution in [1.82, 2.24) is 14.3 Å². The third-order valence-corrected chi connectivity index (χ3v) is 3.95. The first-order chi connectivity index (χ1) is 10.1. The first-order valence-corrected chi connectivity index (χ1v) is 7.47. The Labute approximate surface area is 124 Å². The van der Waals surface area contributed by atoms with Crippen LogP contribution in [0.3, 0.4) is 0 Å². The number of aryl methyl sites for hydroxylation is 1. The molecule has 0 radical (unpaired) electrons. The quantitative estimate of drug-likeness (QED) is 0.846. The fourth-order valence-corrected chi connectivity index (χ4v) is 2.85. The Morgan fingerprint density at radius 3 is 3.19 bits per heavy atom. The van der Waals surface area contributed by atoms with E-state index in [1.54, 1.807) is 0 Å². The number of nitrogens with zero attached hydrogens (tertiary/aromatic N) is 3. The zero-order chi connectivity index (χ0) is 14.8. The molecule has 2 aromatic heterocycles. The molecule has 5 nitrogen and oxygen atoms in total. The van der Waals surface area contributed by atoms with Crippen LogP contribution in [0.15, 0.2) is 24.4 Å². The standard InChI is InChI=1S/C16H21N3O2/c1-12-11-18(7-5-9-21-12)16(20)10-14-13(2)17-15-6-3-4-8-19(14)15/h3-4,6,8,12H,5,7,9-11H2,1-2H3/t12-/m1/s1. The number of imidazole rings is 1. The van der Waals surface area contributed by atoms with Gasteiger partial charge in [0.2, 0.25) is 5.91 Å². The van der Waals surface area contributed by atoms with Crippen LogP contribution < -0.4 is 0 Å². The van der Waals surface area contributed by atoms with Gasteiger partial charge in [0.25, 0.3) is 0 Å². The van der Waals surface area contributed by atoms with Crippen LogP contribution in [0.2, 0.25) is 0 Å². The highest BCUT2D eigenvalue weighted by atomic mass is 16.5. The van der Waals surface area contributed by atoms with E-state index in [-0.39, 0.29) is 12.0 Å². The maximum absolute atomic E-state index is 12.6. The molecule has 3 heterocycles. The highest BCUT2D eigenvalue weighted by Crippen LogP contribution is 2.14. The van der Waals surface area contributed by atoms with E-state index >= 15 is 0 Å². The third-order valence-electron chi connectivity index (χ3n) is 3.95. The molecule has 0 unspecified atom stereocenters. The van der Waals surface area contributed by atoms with Crippen molar-refractivity contribution in [2.75, 3.05) is 19.7 Å². The zero-order valence-electron chi connectivity index (χ0n) is 12.6. The predicted octanol–water partition coefficient (Wildman–Crippen LogP) is 1.82. The second kappa shape index (κ2) is 5.85. The summed E-state index contributed by atoms with van der Waals surface area (Å²) >= 11 is 0. The third kappa shape index (κ3) is 2.93. The number of amides is 1. The predicted molar refractivity (Wildman–Crippen MR) is 80.2 cm³/mol. The van der Waals surface area contributed by atoms with E-state index in [1.807, 2.05) is 47.5 Å². The highest BCUT2D eigenvalue weighted by Gasteiger charge is 2.22. The van der Waals surface area contributed by atoms with Gasteiger partial charge >= 0.3 is 0 Å². The lowest BCUT2D eigenvalue weighted by atomic mass is 10.2. The Bertz CT molecular complexity index is 650. The van der Waals surface area contributed by atoms with Crippen LogP contribution in [-0.2, 0) is 16.0 Å². The molecule has 112 valence electrons. The number of hydrogen-bond acceptors (Lipinski definition) is 3. The minimum absolute atomic E-state index is 0.111. The monoisotopic (exact) mass is 287 g/mol. The molecule has 1 fully saturated rings. The summed E-state index contributed by atoms with van der Waals surface area (Å²) in [6.07, 6.45) is 3.37. The summed E-state index contributed by atoms with van der Waals surface area (Å²) in [6, 6.07) is 5.88. The smallest absolute Gasteiger partial charge is 0.228 e. The summed E-state index contributed by atoms with van der Waals surface area (Å²) in [5.74, 6) is 0.154. The molecule has 1 aliphatic rings. The van der Waals surface area contributed by atoms with Gasteiger partial charge in [0.05, 0.1) is 23.9 Å². The van der Waals surface area contributed by atoms with Crippen LogP contribution in [0.4, 0.5) is 0 Å². The minimum Gasteiger partial charge on any atom is -0.377 e. The van der Waals surface area contributed by atoms with E-state index in [9.17, 15) is 4.79 Å². The van der Waals surface area contributed by atoms with Crippen molar-refractivity contribution in [2.24, 2.45) is 0 Å². The van der Waals surface area contributed by atoms with Crippen molar-refractivity contribution < 1.29 is 9.53 Å². The van der Waals surface area contributed by atoms with Gasteiger partial charge in [0.1, 0.15) is 5.65 Å². The molecular formula is C16H21N3O2. The molecule has 0 spiro atoms. The summed E-state index contributed by atoms with van der Waals surface area (Å²) in [5.41, 5.74) is 2.80. The maximum Gasteiger partial charge on any atom is 0.228 e. The van der Waals surface area contributed by atoms with Crippen molar-refractivity contribution in [3.63, 3.8) is 0 Å². The van der Waals surface area contributed by atoms with E-state index in [2.05, 4.69) is 4.98 Å². The summed E-state index contributed by atoms with van der Waals surface area (Å²) in [5, 5.41) is 0. The zero-order valence-corrected chi connectivity index (χ0v) is 12.6. The van der Waals surface area contributed by atoms with E-state index in [0.717, 1.165) is 36.6 Å². The van der Waals surface area contributed by atoms with Crippen molar-refractivity contribution >= 4 is 11.6 Å². The Morgan fingerprint density at radius 1 is 1.48 bits per heavy atom. The Kier molecular flexibility index (Phi) is 3.92. The number of fused-ring (bicyclic) bond motifs is 1. The second-order valence-corrected chi connectivity index (χ2v) is 5.62. The van der Waals surface area contributed by atoms with Gasteiger partial charge in [0.15, 0.2) is 0 Å². The van der Waals surface area contributed by atoms with E-state index in [1.165, 1.54) is 0 Å². The fraction of sp³-hybridized carbons (Fsp3) is 0.500. The van der Waals surface area contributed by atoms with Gasteiger partial charge in [-0.1, -0.05) is 6.07 Å². The highest BCUT2D eigenvalue weighted by molar-refractivity contribution is 5.79. The minimum atomic E-state index is 0.111. The average molecular weight is 287 g/mol. The van der Waals surface area contributed by atoms with Gasteiger partial charge in [-0.3, -0.25) is 4.79 Å². The number of aromatic nitrogens is 2. The van der Waals surface area contributed by atoms with E-state index in [0.29, 0.717) is 13.0 Å². The lowest BCUT2D eigenvalue weighted by molar-refractivity contribution is -0.131. The second-order valence-electron chi connectivity index (χ2n) is 5.62. The van der Waals surface area contributed by atoms with Gasteiger partial charge < -0.3 is 14.0 Å². The molecule has 1 amide bonds. The lowest BCUT2D eigenvalue weighted by Crippen LogP contribution is -2.37. The number of rotatable bonds is 2. The van der Waals surface area contributed by atoms with E-state index in [4.69, 9.17) is 4.74 Å². The Balaban J connectivity index is 1.81. The lowest BCUT2D eigenvalue weighted by Gasteiger charge is -2.22. The van der Waals surface area contributed by atoms with Gasteiger partial charge in [0, 0.05) is 25.9 Å². The van der Waals surface area contributed by atoms with Crippen molar-refractivity contribution in [3.05, 3.63) is 35.8 Å². The first kappa shape index (κ1) is 14.1. The number of hydrogen-bond donors (Lipinski definition) is 0. The molecule has 1 saturated heterocycles. The van der Waals surface area contributed by atoms with Crippen molar-refractivity contribution in [1.29, 1.82) is 0 Å². The maximum atomic E-state index is 12.6. The number of carbonyl (C=O) groups is 1. The van der Waals surface area contributed by atoms with Crippen molar-refractivity contribution in [3.8, 4) is 0 Å². The number of ether oxygens (including phenoxy) is 1. The van der Waals surface area contributed by atoms with Crippen LogP contribution in [0.25, 0.3) is 5.65 Å². The van der Waals surface area contributed by atoms with Crippen molar-refractivity contribution in [2.45, 2.75) is 32.8 Å². The SMILES string of the molecule is Cc1nc2ccccn2c1CC(=O)N1CCCO[C@H](C)C1. The van der Waals surface area contributed by atoms with Crippen LogP contribution in [0.5, 0.6) is 0 Å². The van der Waals surface area contributed by atoms with Crippen LogP contribution >= 0.6 is 0 Å². The molecule has 0 aromatic carbocycles. The largest absolute Gasteiger partial charge is 0.377 e. The normalized spacial score (nSPS) is 19.7. The van der Waals surface area contributed by atoms with Crippen LogP contribution in [-0.4, -0.2) is 46.0 Å². The van der Waals surface area contributed by atoms with Gasteiger partial charge in [-0.25, -0.2) is 4.98 Å². The van der Waals surface area contributed by atoms with Gasteiger partial charge in [-0.15, -0.1) is 0 Å². The summed E-state index contributed by atoms with van der Waals surface area (Å²) in [4.78, 5) is 19.0.